The Hall–Kier alpha value is -3.28. The summed E-state index contributed by atoms with van der Waals surface area (Å²) in [5, 5.41) is 5.63. The molecule has 2 aromatic carbocycles. The van der Waals surface area contributed by atoms with Gasteiger partial charge in [0.1, 0.15) is 17.3 Å². The Balaban J connectivity index is 1.49. The zero-order chi connectivity index (χ0) is 19.1. The van der Waals surface area contributed by atoms with Gasteiger partial charge < -0.3 is 10.6 Å². The van der Waals surface area contributed by atoms with Crippen molar-refractivity contribution in [1.29, 1.82) is 0 Å². The summed E-state index contributed by atoms with van der Waals surface area (Å²) >= 11 is 0. The van der Waals surface area contributed by atoms with E-state index in [9.17, 15) is 13.6 Å². The first-order valence-corrected chi connectivity index (χ1v) is 8.62. The molecule has 3 rings (SSSR count). The molecule has 0 radical (unpaired) electrons. The van der Waals surface area contributed by atoms with E-state index in [1.54, 1.807) is 18.3 Å². The number of halogens is 2. The third kappa shape index (κ3) is 5.34. The minimum Gasteiger partial charge on any atom is -0.384 e. The summed E-state index contributed by atoms with van der Waals surface area (Å²) in [6.45, 7) is 0.781. The number of nitrogens with one attached hydrogen (secondary N) is 2. The number of rotatable bonds is 7. The number of hydrogen-bond donors (Lipinski definition) is 2. The zero-order valence-electron chi connectivity index (χ0n) is 14.6. The Bertz CT molecular complexity index is 899. The van der Waals surface area contributed by atoms with E-state index in [0.717, 1.165) is 31.1 Å². The molecule has 1 aromatic heterocycles. The number of pyridine rings is 1. The fraction of sp³-hybridized carbons (Fsp3) is 0.143. The van der Waals surface area contributed by atoms with Crippen molar-refractivity contribution in [1.82, 2.24) is 4.98 Å². The van der Waals surface area contributed by atoms with E-state index < -0.39 is 17.5 Å². The topological polar surface area (TPSA) is 54.0 Å². The Morgan fingerprint density at radius 2 is 1.81 bits per heavy atom. The number of carbonyl (C=O) groups excluding carboxylic acids is 1. The third-order valence-corrected chi connectivity index (χ3v) is 3.99. The molecule has 4 nitrogen and oxygen atoms in total. The molecule has 138 valence electrons. The van der Waals surface area contributed by atoms with Gasteiger partial charge in [0, 0.05) is 12.6 Å². The maximum atomic E-state index is 13.6. The highest BCUT2D eigenvalue weighted by atomic mass is 19.1. The lowest BCUT2D eigenvalue weighted by Gasteiger charge is -2.08. The number of aryl methyl sites for hydroxylation is 1. The number of benzene rings is 2. The minimum absolute atomic E-state index is 0.0914. The Morgan fingerprint density at radius 3 is 2.52 bits per heavy atom. The lowest BCUT2D eigenvalue weighted by atomic mass is 10.1. The molecule has 0 atom stereocenters. The summed E-state index contributed by atoms with van der Waals surface area (Å²) < 4.78 is 26.5. The van der Waals surface area contributed by atoms with Crippen molar-refractivity contribution in [2.75, 3.05) is 17.2 Å². The van der Waals surface area contributed by atoms with E-state index in [1.807, 2.05) is 18.2 Å². The number of amides is 1. The van der Waals surface area contributed by atoms with Crippen LogP contribution in [-0.4, -0.2) is 17.4 Å². The molecule has 0 fully saturated rings. The van der Waals surface area contributed by atoms with Gasteiger partial charge in [-0.3, -0.25) is 4.79 Å². The smallest absolute Gasteiger partial charge is 0.274 e. The molecule has 0 bridgehead atoms. The van der Waals surface area contributed by atoms with Crippen LogP contribution < -0.4 is 10.6 Å². The third-order valence-electron chi connectivity index (χ3n) is 3.99. The van der Waals surface area contributed by atoms with Crippen LogP contribution >= 0.6 is 0 Å². The van der Waals surface area contributed by atoms with Crippen LogP contribution in [0, 0.1) is 11.6 Å². The molecule has 0 unspecified atom stereocenters. The fourth-order valence-corrected chi connectivity index (χ4v) is 2.58. The van der Waals surface area contributed by atoms with Crippen molar-refractivity contribution < 1.29 is 13.6 Å². The molecule has 6 heteroatoms. The Labute approximate surface area is 156 Å². The minimum atomic E-state index is -0.833. The van der Waals surface area contributed by atoms with Crippen molar-refractivity contribution in [3.05, 3.63) is 89.8 Å². The van der Waals surface area contributed by atoms with Crippen molar-refractivity contribution in [3.8, 4) is 0 Å². The second kappa shape index (κ2) is 8.89. The van der Waals surface area contributed by atoms with Crippen molar-refractivity contribution in [2.24, 2.45) is 0 Å². The van der Waals surface area contributed by atoms with Gasteiger partial charge in [0.25, 0.3) is 5.91 Å². The van der Waals surface area contributed by atoms with Crippen molar-refractivity contribution in [3.63, 3.8) is 0 Å². The SMILES string of the molecule is O=C(Nc1ccc(F)cc1F)c1ccc(NCCCc2ccccc2)cn1. The molecule has 0 aliphatic rings. The van der Waals surface area contributed by atoms with Crippen LogP contribution in [-0.2, 0) is 6.42 Å². The summed E-state index contributed by atoms with van der Waals surface area (Å²) in [5.41, 5.74) is 2.14. The molecule has 0 spiro atoms. The quantitative estimate of drug-likeness (QED) is 0.598. The van der Waals surface area contributed by atoms with Gasteiger partial charge >= 0.3 is 0 Å². The molecule has 1 heterocycles. The van der Waals surface area contributed by atoms with E-state index in [2.05, 4.69) is 27.8 Å². The van der Waals surface area contributed by atoms with E-state index in [-0.39, 0.29) is 11.4 Å². The van der Waals surface area contributed by atoms with Crippen LogP contribution in [0.5, 0.6) is 0 Å². The maximum absolute atomic E-state index is 13.6. The van der Waals surface area contributed by atoms with E-state index in [4.69, 9.17) is 0 Å². The largest absolute Gasteiger partial charge is 0.384 e. The zero-order valence-corrected chi connectivity index (χ0v) is 14.6. The molecule has 0 aliphatic carbocycles. The standard InChI is InChI=1S/C21H19F2N3O/c22-16-8-10-19(18(23)13-16)26-21(27)20-11-9-17(14-25-20)24-12-4-7-15-5-2-1-3-6-15/h1-3,5-6,8-11,13-14,24H,4,7,12H2,(H,26,27). The second-order valence-corrected chi connectivity index (χ2v) is 6.03. The molecule has 0 saturated heterocycles. The average Bonchev–Trinajstić information content (AvgIpc) is 2.69. The van der Waals surface area contributed by atoms with Crippen LogP contribution in [0.2, 0.25) is 0 Å². The lowest BCUT2D eigenvalue weighted by Crippen LogP contribution is -2.15. The highest BCUT2D eigenvalue weighted by Crippen LogP contribution is 2.16. The summed E-state index contributed by atoms with van der Waals surface area (Å²) in [5.74, 6) is -2.09. The van der Waals surface area contributed by atoms with Gasteiger partial charge in [0.05, 0.1) is 17.6 Å². The number of carbonyl (C=O) groups is 1. The van der Waals surface area contributed by atoms with E-state index in [0.29, 0.717) is 6.07 Å². The van der Waals surface area contributed by atoms with Gasteiger partial charge in [-0.2, -0.15) is 0 Å². The van der Waals surface area contributed by atoms with Crippen LogP contribution in [0.15, 0.2) is 66.9 Å². The lowest BCUT2D eigenvalue weighted by molar-refractivity contribution is 0.102. The molecule has 0 saturated carbocycles. The van der Waals surface area contributed by atoms with Crippen LogP contribution in [0.3, 0.4) is 0 Å². The molecule has 27 heavy (non-hydrogen) atoms. The number of anilines is 2. The first kappa shape index (κ1) is 18.5. The van der Waals surface area contributed by atoms with Crippen molar-refractivity contribution >= 4 is 17.3 Å². The summed E-state index contributed by atoms with van der Waals surface area (Å²) in [6.07, 6.45) is 3.50. The van der Waals surface area contributed by atoms with Gasteiger partial charge in [-0.05, 0) is 42.7 Å². The van der Waals surface area contributed by atoms with Crippen LogP contribution in [0.1, 0.15) is 22.5 Å². The predicted octanol–water partition coefficient (Wildman–Crippen LogP) is 4.66. The molecule has 3 aromatic rings. The van der Waals surface area contributed by atoms with Gasteiger partial charge in [-0.1, -0.05) is 30.3 Å². The van der Waals surface area contributed by atoms with Crippen LogP contribution in [0.4, 0.5) is 20.2 Å². The Kier molecular flexibility index (Phi) is 6.10. The monoisotopic (exact) mass is 367 g/mol. The van der Waals surface area contributed by atoms with Gasteiger partial charge in [0.15, 0.2) is 0 Å². The predicted molar refractivity (Wildman–Crippen MR) is 102 cm³/mol. The second-order valence-electron chi connectivity index (χ2n) is 6.03. The summed E-state index contributed by atoms with van der Waals surface area (Å²) in [7, 11) is 0. The number of nitrogens with zero attached hydrogens (tertiary/aromatic N) is 1. The van der Waals surface area contributed by atoms with Gasteiger partial charge in [0.2, 0.25) is 0 Å². The van der Waals surface area contributed by atoms with Gasteiger partial charge in [-0.25, -0.2) is 13.8 Å². The normalized spacial score (nSPS) is 10.4. The maximum Gasteiger partial charge on any atom is 0.274 e. The summed E-state index contributed by atoms with van der Waals surface area (Å²) in [6, 6.07) is 16.5. The Morgan fingerprint density at radius 1 is 1.00 bits per heavy atom. The number of hydrogen-bond acceptors (Lipinski definition) is 3. The summed E-state index contributed by atoms with van der Waals surface area (Å²) in [4.78, 5) is 16.2. The van der Waals surface area contributed by atoms with Gasteiger partial charge in [-0.15, -0.1) is 0 Å². The average molecular weight is 367 g/mol. The molecule has 0 aliphatic heterocycles. The fourth-order valence-electron chi connectivity index (χ4n) is 2.58. The highest BCUT2D eigenvalue weighted by molar-refractivity contribution is 6.03. The molecule has 2 N–H and O–H groups in total. The molecular weight excluding hydrogens is 348 g/mol. The van der Waals surface area contributed by atoms with Crippen LogP contribution in [0.25, 0.3) is 0 Å². The highest BCUT2D eigenvalue weighted by Gasteiger charge is 2.11. The van der Waals surface area contributed by atoms with E-state index in [1.165, 1.54) is 11.6 Å². The van der Waals surface area contributed by atoms with E-state index >= 15 is 0 Å². The molecule has 1 amide bonds. The number of aromatic nitrogens is 1. The first-order valence-electron chi connectivity index (χ1n) is 8.62. The molecular formula is C21H19F2N3O. The first-order chi connectivity index (χ1) is 13.1. The van der Waals surface area contributed by atoms with Crippen molar-refractivity contribution in [2.45, 2.75) is 12.8 Å².